The quantitative estimate of drug-likeness (QED) is 0.0169. The van der Waals surface area contributed by atoms with Gasteiger partial charge in [0.05, 0.1) is 32.8 Å². The van der Waals surface area contributed by atoms with E-state index in [4.69, 9.17) is 37.0 Å². The molecule has 5 unspecified atom stereocenters. The van der Waals surface area contributed by atoms with E-state index in [0.29, 0.717) is 38.5 Å². The molecule has 0 radical (unpaired) electrons. The van der Waals surface area contributed by atoms with Crippen molar-refractivity contribution in [3.63, 3.8) is 0 Å². The summed E-state index contributed by atoms with van der Waals surface area (Å²) in [4.78, 5) is 73.0. The van der Waals surface area contributed by atoms with Gasteiger partial charge < -0.3 is 33.8 Å². The number of esters is 4. The highest BCUT2D eigenvalue weighted by molar-refractivity contribution is 7.47. The van der Waals surface area contributed by atoms with Gasteiger partial charge in [-0.3, -0.25) is 37.3 Å². The Morgan fingerprint density at radius 1 is 0.264 bits per heavy atom. The molecule has 110 heavy (non-hydrogen) atoms. The highest BCUT2D eigenvalue weighted by atomic mass is 31.2. The summed E-state index contributed by atoms with van der Waals surface area (Å²) < 4.78 is 68.3. The van der Waals surface area contributed by atoms with Crippen LogP contribution in [-0.4, -0.2) is 96.7 Å². The SMILES string of the molecule is CC/C=C\C/C=C\C/C=C\C/C=C\C/C=C\C/C=C\CCC(=O)OCC(COP(=O)(O)OCC(O)COP(=O)(O)OCC(COC(=O)CCCCCC/C=C\C/C=C\C/C=C\C/C=C\CC)OC(=O)C/C=C\C/C=C\C/C=C\C/C=C\C/C=C\CC)OC(=O)CC/C=C\C/C=C\C/C=C\C/C=C\C/C=C\C/C=C\CC. The molecule has 0 saturated heterocycles. The molecule has 17 nitrogen and oxygen atoms in total. The average molecular weight is 1560 g/mol. The average Bonchev–Trinajstić information content (AvgIpc) is 0.900. The van der Waals surface area contributed by atoms with E-state index in [9.17, 15) is 43.2 Å². The molecule has 0 aromatic carbocycles. The maximum Gasteiger partial charge on any atom is 0.472 e. The molecule has 0 bridgehead atoms. The van der Waals surface area contributed by atoms with Gasteiger partial charge in [0.2, 0.25) is 0 Å². The fourth-order valence-corrected chi connectivity index (χ4v) is 10.7. The van der Waals surface area contributed by atoms with Crippen molar-refractivity contribution in [3.05, 3.63) is 255 Å². The van der Waals surface area contributed by atoms with Crippen LogP contribution >= 0.6 is 15.6 Å². The lowest BCUT2D eigenvalue weighted by Gasteiger charge is -2.21. The van der Waals surface area contributed by atoms with Crippen LogP contribution in [0.25, 0.3) is 0 Å². The molecule has 0 aliphatic rings. The van der Waals surface area contributed by atoms with Crippen molar-refractivity contribution in [2.45, 2.75) is 251 Å². The van der Waals surface area contributed by atoms with Crippen molar-refractivity contribution in [1.82, 2.24) is 0 Å². The lowest BCUT2D eigenvalue weighted by Crippen LogP contribution is -2.30. The Morgan fingerprint density at radius 3 is 0.809 bits per heavy atom. The van der Waals surface area contributed by atoms with Gasteiger partial charge in [0.1, 0.15) is 19.3 Å². The zero-order valence-corrected chi connectivity index (χ0v) is 68.6. The Balaban J connectivity index is 5.64. The fraction of sp³-hybridized carbons (Fsp3) is 0.495. The number of allylic oxidation sites excluding steroid dienone is 41. The van der Waals surface area contributed by atoms with Gasteiger partial charge in [-0.15, -0.1) is 0 Å². The molecular formula is C91H136O17P2. The van der Waals surface area contributed by atoms with Gasteiger partial charge in [-0.25, -0.2) is 9.13 Å². The van der Waals surface area contributed by atoms with E-state index in [1.165, 1.54) is 0 Å². The Labute approximate surface area is 662 Å². The molecule has 0 heterocycles. The van der Waals surface area contributed by atoms with Crippen LogP contribution in [-0.2, 0) is 65.4 Å². The molecule has 0 aromatic rings. The second kappa shape index (κ2) is 79.7. The smallest absolute Gasteiger partial charge is 0.462 e. The van der Waals surface area contributed by atoms with E-state index >= 15 is 0 Å². The first-order valence-electron chi connectivity index (χ1n) is 39.9. The zero-order valence-electron chi connectivity index (χ0n) is 66.8. The van der Waals surface area contributed by atoms with Gasteiger partial charge in [-0.1, -0.05) is 296 Å². The largest absolute Gasteiger partial charge is 0.472 e. The molecule has 3 N–H and O–H groups in total. The highest BCUT2D eigenvalue weighted by Crippen LogP contribution is 2.45. The van der Waals surface area contributed by atoms with Crippen LogP contribution in [0, 0.1) is 0 Å². The third-order valence-corrected chi connectivity index (χ3v) is 17.0. The summed E-state index contributed by atoms with van der Waals surface area (Å²) in [6.45, 7) is 4.03. The monoisotopic (exact) mass is 1560 g/mol. The topological polar surface area (TPSA) is 237 Å². The summed E-state index contributed by atoms with van der Waals surface area (Å²) in [7, 11) is -10.1. The number of aliphatic hydroxyl groups excluding tert-OH is 1. The van der Waals surface area contributed by atoms with E-state index in [-0.39, 0.29) is 25.7 Å². The number of hydrogen-bond acceptors (Lipinski definition) is 15. The second-order valence-electron chi connectivity index (χ2n) is 25.1. The minimum atomic E-state index is -5.04. The van der Waals surface area contributed by atoms with Crippen LogP contribution in [0.4, 0.5) is 0 Å². The summed E-state index contributed by atoms with van der Waals surface area (Å²) in [5, 5.41) is 10.6. The molecule has 0 aliphatic carbocycles. The molecule has 0 fully saturated rings. The van der Waals surface area contributed by atoms with E-state index in [2.05, 4.69) is 222 Å². The summed E-state index contributed by atoms with van der Waals surface area (Å²) in [5.41, 5.74) is 0. The molecular weight excluding hydrogens is 1430 g/mol. The Hall–Kier alpha value is -7.40. The maximum atomic E-state index is 13.1. The van der Waals surface area contributed by atoms with Crippen LogP contribution in [0.15, 0.2) is 255 Å². The summed E-state index contributed by atoms with van der Waals surface area (Å²) in [6.07, 6.45) is 106. The third kappa shape index (κ3) is 78.7. The zero-order chi connectivity index (χ0) is 80.3. The number of aliphatic hydroxyl groups is 1. The maximum absolute atomic E-state index is 13.1. The number of ether oxygens (including phenoxy) is 4. The number of carbonyl (C=O) groups is 4. The van der Waals surface area contributed by atoms with Crippen LogP contribution in [0.2, 0.25) is 0 Å². The molecule has 612 valence electrons. The minimum absolute atomic E-state index is 0.00519. The third-order valence-electron chi connectivity index (χ3n) is 15.1. The molecule has 19 heteroatoms. The molecule has 0 aliphatic heterocycles. The Kier molecular flexibility index (Phi) is 74.3. The van der Waals surface area contributed by atoms with Crippen molar-refractivity contribution in [3.8, 4) is 0 Å². The Morgan fingerprint density at radius 2 is 0.500 bits per heavy atom. The predicted octanol–water partition coefficient (Wildman–Crippen LogP) is 23.8. The summed E-state index contributed by atoms with van der Waals surface area (Å²) in [6, 6.07) is 0. The standard InChI is InChI=1S/C91H136O17P2/c1-5-9-13-17-21-25-29-33-37-40-42-45-49-52-56-60-64-68-72-76-89(94)102-82-87(108-91(96)78-74-70-66-62-58-54-50-46-43-41-38-34-30-26-22-18-14-10-6-2)84-106-110(99,100)104-80-85(92)79-103-109(97,98)105-83-86(107-90(95)77-73-69-65-61-57-53-47-36-32-28-24-20-16-12-8-4)81-101-88(93)75-71-67-63-59-55-51-48-44-39-35-31-27-23-19-15-11-7-3/h9-16,21-28,33-39,42-43,45-48,51-52,54,56-58,61,64,66,68-70,73,85-87,92H,5-8,17-20,29-32,40-41,44,49-50,53,55,59-60,62-63,65,67,71-72,74-84H2,1-4H3,(H,97,98)(H,99,100)/b13-9-,14-10-,15-11-,16-12-,25-21-,26-22-,27-23-,28-24-,37-33-,38-34-,39-35-,45-42-,46-43-,47-36-,51-48-,56-52-,58-54-,61-57-,68-64-,70-66-,73-69-. The number of unbranched alkanes of at least 4 members (excludes halogenated alkanes) is 4. The van der Waals surface area contributed by atoms with Gasteiger partial charge in [-0.05, 0) is 167 Å². The first kappa shape index (κ1) is 103. The lowest BCUT2D eigenvalue weighted by molar-refractivity contribution is -0.161. The van der Waals surface area contributed by atoms with Crippen LogP contribution in [0.5, 0.6) is 0 Å². The molecule has 0 saturated carbocycles. The van der Waals surface area contributed by atoms with E-state index in [0.717, 1.165) is 141 Å². The van der Waals surface area contributed by atoms with Gasteiger partial charge in [0.15, 0.2) is 12.2 Å². The van der Waals surface area contributed by atoms with Gasteiger partial charge in [0.25, 0.3) is 0 Å². The van der Waals surface area contributed by atoms with Crippen LogP contribution in [0.1, 0.15) is 233 Å². The predicted molar refractivity (Wildman–Crippen MR) is 454 cm³/mol. The highest BCUT2D eigenvalue weighted by Gasteiger charge is 2.30. The van der Waals surface area contributed by atoms with E-state index < -0.39 is 97.5 Å². The summed E-state index contributed by atoms with van der Waals surface area (Å²) in [5.74, 6) is -2.59. The normalized spacial score (nSPS) is 15.2. The van der Waals surface area contributed by atoms with Crippen molar-refractivity contribution < 1.29 is 80.2 Å². The Bertz CT molecular complexity index is 3100. The molecule has 0 spiro atoms. The van der Waals surface area contributed by atoms with Crippen molar-refractivity contribution >= 4 is 39.5 Å². The first-order chi connectivity index (χ1) is 53.7. The minimum Gasteiger partial charge on any atom is -0.462 e. The number of rotatable bonds is 71. The first-order valence-corrected chi connectivity index (χ1v) is 42.9. The summed E-state index contributed by atoms with van der Waals surface area (Å²) >= 11 is 0. The lowest BCUT2D eigenvalue weighted by atomic mass is 10.1. The van der Waals surface area contributed by atoms with E-state index in [1.54, 1.807) is 12.2 Å². The number of hydrogen-bond donors (Lipinski definition) is 3. The van der Waals surface area contributed by atoms with Gasteiger partial charge in [0, 0.05) is 19.3 Å². The van der Waals surface area contributed by atoms with Crippen molar-refractivity contribution in [1.29, 1.82) is 0 Å². The second-order valence-corrected chi connectivity index (χ2v) is 28.0. The number of carbonyl (C=O) groups excluding carboxylic acids is 4. The van der Waals surface area contributed by atoms with Crippen LogP contribution in [0.3, 0.4) is 0 Å². The van der Waals surface area contributed by atoms with Crippen LogP contribution < -0.4 is 0 Å². The molecule has 0 aromatic heterocycles. The number of phosphoric acid groups is 2. The van der Waals surface area contributed by atoms with Gasteiger partial charge >= 0.3 is 39.5 Å². The van der Waals surface area contributed by atoms with Crippen molar-refractivity contribution in [2.24, 2.45) is 0 Å². The molecule has 0 rings (SSSR count). The van der Waals surface area contributed by atoms with Gasteiger partial charge in [-0.2, -0.15) is 0 Å². The number of phosphoric ester groups is 2. The fourth-order valence-electron chi connectivity index (χ4n) is 9.16. The van der Waals surface area contributed by atoms with E-state index in [1.807, 2.05) is 48.6 Å². The molecule has 0 amide bonds. The van der Waals surface area contributed by atoms with Crippen molar-refractivity contribution in [2.75, 3.05) is 39.6 Å². The molecule has 5 atom stereocenters.